The van der Waals surface area contributed by atoms with Gasteiger partial charge in [-0.25, -0.2) is 4.79 Å². The topological polar surface area (TPSA) is 165 Å². The van der Waals surface area contributed by atoms with Gasteiger partial charge in [-0.15, -0.1) is 0 Å². The molecule has 1 fully saturated rings. The van der Waals surface area contributed by atoms with Crippen molar-refractivity contribution in [3.63, 3.8) is 0 Å². The van der Waals surface area contributed by atoms with Crippen LogP contribution in [0, 0.1) is 0 Å². The van der Waals surface area contributed by atoms with Crippen molar-refractivity contribution >= 4 is 28.0 Å². The molecule has 1 unspecified atom stereocenters. The molecule has 11 nitrogen and oxygen atoms in total. The average molecular weight is 506 g/mol. The summed E-state index contributed by atoms with van der Waals surface area (Å²) in [6.45, 7) is 0.346. The molecule has 3 amide bonds. The summed E-state index contributed by atoms with van der Waals surface area (Å²) in [6, 6.07) is 12.7. The Morgan fingerprint density at radius 1 is 1.20 bits per heavy atom. The maximum absolute atomic E-state index is 12.7. The zero-order valence-corrected chi connectivity index (χ0v) is 19.9. The first-order valence-electron chi connectivity index (χ1n) is 10.8. The summed E-state index contributed by atoms with van der Waals surface area (Å²) in [5.41, 5.74) is 7.73. The molecule has 1 aliphatic rings. The van der Waals surface area contributed by atoms with E-state index in [9.17, 15) is 27.9 Å². The Balaban J connectivity index is 1.68. The van der Waals surface area contributed by atoms with E-state index in [1.807, 2.05) is 0 Å². The lowest BCUT2D eigenvalue weighted by Crippen LogP contribution is -2.52. The number of ether oxygens (including phenoxy) is 1. The van der Waals surface area contributed by atoms with Gasteiger partial charge >= 0.3 is 16.2 Å². The molecule has 3 rings (SSSR count). The minimum atomic E-state index is -3.65. The van der Waals surface area contributed by atoms with Gasteiger partial charge in [0.25, 0.3) is 5.91 Å². The summed E-state index contributed by atoms with van der Waals surface area (Å²) in [5, 5.41) is 11.8. The third kappa shape index (κ3) is 7.69. The van der Waals surface area contributed by atoms with E-state index >= 15 is 0 Å². The lowest BCUT2D eigenvalue weighted by Gasteiger charge is -2.23. The van der Waals surface area contributed by atoms with E-state index in [4.69, 9.17) is 14.7 Å². The van der Waals surface area contributed by atoms with Crippen molar-refractivity contribution in [2.45, 2.75) is 25.0 Å². The van der Waals surface area contributed by atoms with Crippen LogP contribution >= 0.6 is 0 Å². The molecule has 2 atom stereocenters. The number of carboxylic acid groups (broad SMARTS) is 1. The van der Waals surface area contributed by atoms with Crippen molar-refractivity contribution in [2.24, 2.45) is 5.73 Å². The second-order valence-electron chi connectivity index (χ2n) is 8.12. The van der Waals surface area contributed by atoms with Crippen LogP contribution in [0.3, 0.4) is 0 Å². The van der Waals surface area contributed by atoms with E-state index in [1.54, 1.807) is 42.5 Å². The molecule has 1 heterocycles. The normalized spacial score (nSPS) is 17.2. The number of carbonyl (C=O) groups excluding carboxylic acids is 2. The number of hydrogen-bond acceptors (Lipinski definition) is 7. The van der Waals surface area contributed by atoms with Crippen molar-refractivity contribution in [3.8, 4) is 16.9 Å². The molecule has 188 valence electrons. The smallest absolute Gasteiger partial charge is 0.407 e. The van der Waals surface area contributed by atoms with Crippen molar-refractivity contribution in [2.75, 3.05) is 26.0 Å². The van der Waals surface area contributed by atoms with Crippen LogP contribution < -0.4 is 15.2 Å². The van der Waals surface area contributed by atoms with Crippen molar-refractivity contribution in [1.82, 2.24) is 10.2 Å². The predicted molar refractivity (Wildman–Crippen MR) is 126 cm³/mol. The number of primary amides is 1. The molecule has 0 saturated carbocycles. The van der Waals surface area contributed by atoms with E-state index in [0.29, 0.717) is 6.42 Å². The molecular weight excluding hydrogens is 478 g/mol. The quantitative estimate of drug-likeness (QED) is 0.447. The van der Waals surface area contributed by atoms with Crippen LogP contribution in [-0.4, -0.2) is 74.4 Å². The fourth-order valence-electron chi connectivity index (χ4n) is 3.62. The molecule has 4 N–H and O–H groups in total. The Morgan fingerprint density at radius 3 is 2.54 bits per heavy atom. The lowest BCUT2D eigenvalue weighted by atomic mass is 10.00. The first-order chi connectivity index (χ1) is 16.5. The maximum Gasteiger partial charge on any atom is 0.407 e. The molecule has 35 heavy (non-hydrogen) atoms. The number of carbonyl (C=O) groups is 3. The fraction of sp³-hybridized carbons (Fsp3) is 0.348. The zero-order chi connectivity index (χ0) is 25.6. The van der Waals surface area contributed by atoms with Crippen molar-refractivity contribution in [1.29, 1.82) is 0 Å². The minimum Gasteiger partial charge on any atom is -0.465 e. The van der Waals surface area contributed by atoms with Gasteiger partial charge in [-0.05, 0) is 35.2 Å². The molecular formula is C23H27N3O8S. The standard InChI is InChI=1S/C23H27N3O8S/c1-35(31,32)34-18-5-2-4-17(13-18)16-8-6-15(7-9-16)12-19(21(24)27)25-22(28)20-14-26(23(29)30)10-3-11-33-20/h2,4-9,13,19-20H,3,10-12,14H2,1H3,(H2,24,27)(H,25,28)(H,29,30)/t19?,20-/m0/s1. The zero-order valence-electron chi connectivity index (χ0n) is 19.0. The van der Waals surface area contributed by atoms with E-state index < -0.39 is 40.2 Å². The predicted octanol–water partition coefficient (Wildman–Crippen LogP) is 0.974. The highest BCUT2D eigenvalue weighted by atomic mass is 32.2. The minimum absolute atomic E-state index is 0.119. The highest BCUT2D eigenvalue weighted by Gasteiger charge is 2.30. The number of nitrogens with one attached hydrogen (secondary N) is 1. The van der Waals surface area contributed by atoms with Crippen LogP contribution in [0.2, 0.25) is 0 Å². The lowest BCUT2D eigenvalue weighted by molar-refractivity contribution is -0.135. The Morgan fingerprint density at radius 2 is 1.91 bits per heavy atom. The van der Waals surface area contributed by atoms with Crippen LogP contribution in [0.25, 0.3) is 11.1 Å². The molecule has 1 saturated heterocycles. The van der Waals surface area contributed by atoms with E-state index in [1.165, 1.54) is 6.07 Å². The van der Waals surface area contributed by atoms with Gasteiger partial charge in [-0.1, -0.05) is 36.4 Å². The van der Waals surface area contributed by atoms with Crippen LogP contribution in [0.4, 0.5) is 4.79 Å². The second-order valence-corrected chi connectivity index (χ2v) is 9.70. The number of nitrogens with two attached hydrogens (primary N) is 1. The summed E-state index contributed by atoms with van der Waals surface area (Å²) in [4.78, 5) is 37.1. The average Bonchev–Trinajstić information content (AvgIpc) is 3.05. The molecule has 0 aromatic heterocycles. The molecule has 0 spiro atoms. The third-order valence-corrected chi connectivity index (χ3v) is 5.80. The van der Waals surface area contributed by atoms with Gasteiger partial charge in [-0.2, -0.15) is 8.42 Å². The number of benzene rings is 2. The third-order valence-electron chi connectivity index (χ3n) is 5.31. The molecule has 0 aliphatic carbocycles. The van der Waals surface area contributed by atoms with Crippen LogP contribution in [0.1, 0.15) is 12.0 Å². The summed E-state index contributed by atoms with van der Waals surface area (Å²) in [6.07, 6.45) is -0.640. The van der Waals surface area contributed by atoms with Gasteiger partial charge in [-0.3, -0.25) is 9.59 Å². The summed E-state index contributed by atoms with van der Waals surface area (Å²) >= 11 is 0. The number of amides is 3. The summed E-state index contributed by atoms with van der Waals surface area (Å²) in [7, 11) is -3.65. The first kappa shape index (κ1) is 26.0. The van der Waals surface area contributed by atoms with E-state index in [0.717, 1.165) is 27.8 Å². The Labute approximate surface area is 202 Å². The number of nitrogens with zero attached hydrogens (tertiary/aromatic N) is 1. The molecule has 0 bridgehead atoms. The largest absolute Gasteiger partial charge is 0.465 e. The van der Waals surface area contributed by atoms with Crippen LogP contribution in [0.15, 0.2) is 48.5 Å². The van der Waals surface area contributed by atoms with Crippen LogP contribution in [0.5, 0.6) is 5.75 Å². The SMILES string of the molecule is CS(=O)(=O)Oc1cccc(-c2ccc(CC(NC(=O)[C@@H]3CN(C(=O)O)CCCO3)C(N)=O)cc2)c1. The monoisotopic (exact) mass is 505 g/mol. The summed E-state index contributed by atoms with van der Waals surface area (Å²) < 4.78 is 33.1. The van der Waals surface area contributed by atoms with Crippen LogP contribution in [-0.2, 0) is 30.9 Å². The first-order valence-corrected chi connectivity index (χ1v) is 12.6. The molecule has 2 aromatic carbocycles. The van der Waals surface area contributed by atoms with Gasteiger partial charge in [0.1, 0.15) is 11.8 Å². The molecule has 1 aliphatic heterocycles. The fourth-order valence-corrected chi connectivity index (χ4v) is 4.07. The molecule has 0 radical (unpaired) electrons. The van der Waals surface area contributed by atoms with Crippen molar-refractivity contribution in [3.05, 3.63) is 54.1 Å². The van der Waals surface area contributed by atoms with E-state index in [2.05, 4.69) is 5.32 Å². The van der Waals surface area contributed by atoms with Gasteiger partial charge in [0.15, 0.2) is 6.10 Å². The van der Waals surface area contributed by atoms with Gasteiger partial charge < -0.3 is 30.0 Å². The highest BCUT2D eigenvalue weighted by molar-refractivity contribution is 7.86. The highest BCUT2D eigenvalue weighted by Crippen LogP contribution is 2.25. The number of rotatable bonds is 8. The van der Waals surface area contributed by atoms with Crippen molar-refractivity contribution < 1.29 is 36.8 Å². The number of hydrogen-bond donors (Lipinski definition) is 3. The Kier molecular flexibility index (Phi) is 8.30. The van der Waals surface area contributed by atoms with Gasteiger partial charge in [0.05, 0.1) is 12.8 Å². The van der Waals surface area contributed by atoms with Gasteiger partial charge in [0.2, 0.25) is 5.91 Å². The maximum atomic E-state index is 12.7. The Bertz CT molecular complexity index is 1180. The summed E-state index contributed by atoms with van der Waals surface area (Å²) in [5.74, 6) is -1.16. The van der Waals surface area contributed by atoms with Gasteiger partial charge in [0, 0.05) is 19.6 Å². The molecule has 12 heteroatoms. The second kappa shape index (κ2) is 11.2. The van der Waals surface area contributed by atoms with E-state index in [-0.39, 0.29) is 31.9 Å². The molecule has 2 aromatic rings. The Hall–Kier alpha value is -3.64.